The Morgan fingerprint density at radius 2 is 2.04 bits per heavy atom. The molecule has 1 atom stereocenters. The molecule has 2 fully saturated rings. The summed E-state index contributed by atoms with van der Waals surface area (Å²) in [5.41, 5.74) is 0. The van der Waals surface area contributed by atoms with Crippen molar-refractivity contribution in [3.63, 3.8) is 0 Å². The van der Waals surface area contributed by atoms with E-state index in [-0.39, 0.29) is 5.91 Å². The molecular weight excluding hydrogens is 338 g/mol. The number of aromatic nitrogens is 2. The molecule has 1 N–H and O–H groups in total. The molecule has 0 bridgehead atoms. The molecule has 0 spiro atoms. The van der Waals surface area contributed by atoms with Crippen LogP contribution in [0.4, 0.5) is 0 Å². The molecule has 0 aromatic carbocycles. The Labute approximate surface area is 164 Å². The first-order valence-corrected chi connectivity index (χ1v) is 10.9. The summed E-state index contributed by atoms with van der Waals surface area (Å²) in [6.07, 6.45) is 11.8. The van der Waals surface area contributed by atoms with Gasteiger partial charge in [0.2, 0.25) is 5.91 Å². The smallest absolute Gasteiger partial charge is 0.220 e. The van der Waals surface area contributed by atoms with Crippen molar-refractivity contribution in [2.24, 2.45) is 5.92 Å². The highest BCUT2D eigenvalue weighted by Gasteiger charge is 2.23. The van der Waals surface area contributed by atoms with Gasteiger partial charge in [0.15, 0.2) is 0 Å². The van der Waals surface area contributed by atoms with Gasteiger partial charge in [-0.25, -0.2) is 0 Å². The summed E-state index contributed by atoms with van der Waals surface area (Å²) in [5, 5.41) is 7.44. The van der Waals surface area contributed by atoms with Gasteiger partial charge in [0.25, 0.3) is 0 Å². The lowest BCUT2D eigenvalue weighted by atomic mass is 9.92. The molecule has 1 amide bonds. The number of piperidine rings is 1. The quantitative estimate of drug-likeness (QED) is 0.682. The minimum Gasteiger partial charge on any atom is -0.355 e. The summed E-state index contributed by atoms with van der Waals surface area (Å²) in [6.45, 7) is 9.85. The molecule has 0 saturated carbocycles. The molecule has 27 heavy (non-hydrogen) atoms. The molecule has 2 saturated heterocycles. The van der Waals surface area contributed by atoms with E-state index in [0.29, 0.717) is 12.5 Å². The Morgan fingerprint density at radius 3 is 2.78 bits per heavy atom. The third-order valence-electron chi connectivity index (χ3n) is 6.35. The van der Waals surface area contributed by atoms with Crippen LogP contribution in [-0.2, 0) is 11.3 Å². The fourth-order valence-electron chi connectivity index (χ4n) is 4.59. The first-order valence-electron chi connectivity index (χ1n) is 10.9. The zero-order chi connectivity index (χ0) is 18.9. The lowest BCUT2D eigenvalue weighted by Gasteiger charge is -2.32. The van der Waals surface area contributed by atoms with E-state index in [1.165, 1.54) is 45.3 Å². The van der Waals surface area contributed by atoms with Gasteiger partial charge in [0, 0.05) is 37.9 Å². The van der Waals surface area contributed by atoms with Crippen LogP contribution in [0, 0.1) is 5.92 Å². The second kappa shape index (κ2) is 10.8. The van der Waals surface area contributed by atoms with E-state index in [2.05, 4.69) is 27.1 Å². The second-order valence-corrected chi connectivity index (χ2v) is 8.18. The van der Waals surface area contributed by atoms with Gasteiger partial charge in [-0.2, -0.15) is 5.10 Å². The molecule has 0 aliphatic carbocycles. The van der Waals surface area contributed by atoms with E-state index in [0.717, 1.165) is 44.9 Å². The number of nitrogens with zero attached hydrogens (tertiary/aromatic N) is 4. The van der Waals surface area contributed by atoms with Gasteiger partial charge in [-0.1, -0.05) is 6.92 Å². The number of aryl methyl sites for hydroxylation is 1. The largest absolute Gasteiger partial charge is 0.355 e. The number of carbonyl (C=O) groups excluding carboxylic acids is 1. The number of likely N-dealkylation sites (N-methyl/N-ethyl adjacent to an activating group) is 1. The third kappa shape index (κ3) is 6.61. The van der Waals surface area contributed by atoms with Crippen molar-refractivity contribution in [2.45, 2.75) is 64.5 Å². The van der Waals surface area contributed by atoms with Gasteiger partial charge in [0.05, 0.1) is 0 Å². The number of likely N-dealkylation sites (tertiary alicyclic amines) is 2. The average molecular weight is 376 g/mol. The molecule has 1 aromatic heterocycles. The van der Waals surface area contributed by atoms with Gasteiger partial charge in [0.1, 0.15) is 0 Å². The van der Waals surface area contributed by atoms with Gasteiger partial charge in [-0.05, 0) is 83.2 Å². The Kier molecular flexibility index (Phi) is 8.14. The summed E-state index contributed by atoms with van der Waals surface area (Å²) < 4.78 is 2.01. The summed E-state index contributed by atoms with van der Waals surface area (Å²) in [6, 6.07) is 2.54. The molecular formula is C21H37N5O. The van der Waals surface area contributed by atoms with Crippen LogP contribution in [-0.4, -0.2) is 70.8 Å². The van der Waals surface area contributed by atoms with Crippen LogP contribution in [0.3, 0.4) is 0 Å². The molecule has 152 valence electrons. The fourth-order valence-corrected chi connectivity index (χ4v) is 4.59. The van der Waals surface area contributed by atoms with E-state index >= 15 is 0 Å². The topological polar surface area (TPSA) is 53.4 Å². The van der Waals surface area contributed by atoms with Crippen LogP contribution >= 0.6 is 0 Å². The van der Waals surface area contributed by atoms with Crippen molar-refractivity contribution in [1.29, 1.82) is 0 Å². The first-order chi connectivity index (χ1) is 13.2. The van der Waals surface area contributed by atoms with Gasteiger partial charge in [-0.3, -0.25) is 14.4 Å². The highest BCUT2D eigenvalue weighted by Crippen LogP contribution is 2.22. The lowest BCUT2D eigenvalue weighted by Crippen LogP contribution is -2.40. The lowest BCUT2D eigenvalue weighted by molar-refractivity contribution is -0.121. The average Bonchev–Trinajstić information content (AvgIpc) is 3.37. The maximum atomic E-state index is 12.2. The van der Waals surface area contributed by atoms with E-state index in [1.807, 2.05) is 23.1 Å². The van der Waals surface area contributed by atoms with Crippen LogP contribution in [0.2, 0.25) is 0 Å². The standard InChI is InChI=1S/C21H37N5O/c1-2-25-13-3-6-20(25)18-22-21(27)8-7-19-9-16-24(17-10-19)12-5-15-26-14-4-11-23-26/h4,11,14,19-20H,2-3,5-10,12-13,15-18H2,1H3,(H,22,27)/t20-/m1/s1. The van der Waals surface area contributed by atoms with E-state index < -0.39 is 0 Å². The minimum absolute atomic E-state index is 0.250. The summed E-state index contributed by atoms with van der Waals surface area (Å²) >= 11 is 0. The van der Waals surface area contributed by atoms with Gasteiger partial charge in [-0.15, -0.1) is 0 Å². The number of rotatable bonds is 10. The molecule has 2 aliphatic rings. The van der Waals surface area contributed by atoms with Crippen molar-refractivity contribution in [3.05, 3.63) is 18.5 Å². The zero-order valence-corrected chi connectivity index (χ0v) is 17.0. The predicted molar refractivity (Wildman–Crippen MR) is 109 cm³/mol. The monoisotopic (exact) mass is 375 g/mol. The SMILES string of the molecule is CCN1CCC[C@@H]1CNC(=O)CCC1CCN(CCCn2cccn2)CC1. The highest BCUT2D eigenvalue weighted by molar-refractivity contribution is 5.75. The van der Waals surface area contributed by atoms with E-state index in [9.17, 15) is 4.79 Å². The maximum absolute atomic E-state index is 12.2. The zero-order valence-electron chi connectivity index (χ0n) is 17.0. The normalized spacial score (nSPS) is 22.3. The van der Waals surface area contributed by atoms with Crippen molar-refractivity contribution in [3.8, 4) is 0 Å². The highest BCUT2D eigenvalue weighted by atomic mass is 16.1. The van der Waals surface area contributed by atoms with Gasteiger partial charge >= 0.3 is 0 Å². The number of hydrogen-bond donors (Lipinski definition) is 1. The molecule has 1 aromatic rings. The summed E-state index contributed by atoms with van der Waals surface area (Å²) in [4.78, 5) is 17.3. The van der Waals surface area contributed by atoms with Crippen molar-refractivity contribution >= 4 is 5.91 Å². The first kappa shape index (κ1) is 20.3. The Hall–Kier alpha value is -1.40. The van der Waals surface area contributed by atoms with Crippen LogP contribution in [0.15, 0.2) is 18.5 Å². The molecule has 6 heteroatoms. The number of hydrogen-bond acceptors (Lipinski definition) is 4. The molecule has 3 rings (SSSR count). The molecule has 6 nitrogen and oxygen atoms in total. The molecule has 3 heterocycles. The van der Waals surface area contributed by atoms with Crippen molar-refractivity contribution in [1.82, 2.24) is 24.9 Å². The summed E-state index contributed by atoms with van der Waals surface area (Å²) in [5.74, 6) is 0.969. The number of amides is 1. The van der Waals surface area contributed by atoms with Crippen molar-refractivity contribution in [2.75, 3.05) is 39.3 Å². The molecule has 0 radical (unpaired) electrons. The van der Waals surface area contributed by atoms with E-state index in [4.69, 9.17) is 0 Å². The predicted octanol–water partition coefficient (Wildman–Crippen LogP) is 2.37. The Morgan fingerprint density at radius 1 is 1.19 bits per heavy atom. The number of nitrogens with one attached hydrogen (secondary N) is 1. The van der Waals surface area contributed by atoms with Crippen LogP contribution in [0.5, 0.6) is 0 Å². The summed E-state index contributed by atoms with van der Waals surface area (Å²) in [7, 11) is 0. The van der Waals surface area contributed by atoms with Crippen LogP contribution < -0.4 is 5.32 Å². The van der Waals surface area contributed by atoms with Gasteiger partial charge < -0.3 is 10.2 Å². The minimum atomic E-state index is 0.250. The van der Waals surface area contributed by atoms with Crippen LogP contribution in [0.25, 0.3) is 0 Å². The second-order valence-electron chi connectivity index (χ2n) is 8.18. The molecule has 2 aliphatic heterocycles. The maximum Gasteiger partial charge on any atom is 0.220 e. The van der Waals surface area contributed by atoms with Crippen LogP contribution in [0.1, 0.15) is 51.9 Å². The Bertz CT molecular complexity index is 539. The van der Waals surface area contributed by atoms with E-state index in [1.54, 1.807) is 0 Å². The fraction of sp³-hybridized carbons (Fsp3) is 0.810. The number of carbonyl (C=O) groups is 1. The third-order valence-corrected chi connectivity index (χ3v) is 6.35. The molecule has 0 unspecified atom stereocenters. The van der Waals surface area contributed by atoms with Crippen molar-refractivity contribution < 1.29 is 4.79 Å². The Balaban J connectivity index is 1.23.